The number of hydrogen-bond donors (Lipinski definition) is 2. The van der Waals surface area contributed by atoms with Crippen molar-refractivity contribution in [1.82, 2.24) is 10.2 Å². The minimum absolute atomic E-state index is 0.259. The van der Waals surface area contributed by atoms with E-state index < -0.39 is 40.9 Å². The van der Waals surface area contributed by atoms with Crippen molar-refractivity contribution in [3.8, 4) is 11.5 Å². The number of carbonyl (C=O) groups excluding carboxylic acids is 1. The Labute approximate surface area is 277 Å². The molecule has 0 spiro atoms. The fourth-order valence-corrected chi connectivity index (χ4v) is 6.64. The Morgan fingerprint density at radius 3 is 2.04 bits per heavy atom. The summed E-state index contributed by atoms with van der Waals surface area (Å²) in [6.07, 6.45) is -0.241. The standard InChI is InChI=1S/C34H50N2O9S/c1-7-8-18-41-19-17-36(33(38)45-34(2,3)4)32-35-28-30(43-22-24-11-15-26(40-6)16-12-24)29(27(20-37)44-31(28)46-32)42-21-23-9-13-25(39-5)14-10-23/h9-16,27-32,35,37H,7-8,17-22H2,1-6H3/t27-,28-,29-,30-,31-,32?/m1/s1. The van der Waals surface area contributed by atoms with Gasteiger partial charge in [0.05, 0.1) is 46.7 Å². The summed E-state index contributed by atoms with van der Waals surface area (Å²) in [7, 11) is 3.26. The van der Waals surface area contributed by atoms with E-state index in [1.165, 1.54) is 11.8 Å². The third-order valence-corrected chi connectivity index (χ3v) is 8.98. The van der Waals surface area contributed by atoms with E-state index in [0.717, 1.165) is 35.5 Å². The van der Waals surface area contributed by atoms with Crippen LogP contribution in [-0.4, -0.2) is 97.6 Å². The van der Waals surface area contributed by atoms with Crippen molar-refractivity contribution >= 4 is 17.9 Å². The van der Waals surface area contributed by atoms with Crippen LogP contribution in [0.2, 0.25) is 0 Å². The molecular formula is C34H50N2O9S. The predicted octanol–water partition coefficient (Wildman–Crippen LogP) is 4.93. The molecule has 2 fully saturated rings. The number of benzene rings is 2. The first-order valence-electron chi connectivity index (χ1n) is 15.9. The maximum atomic E-state index is 13.4. The van der Waals surface area contributed by atoms with Gasteiger partial charge in [0.25, 0.3) is 0 Å². The first-order chi connectivity index (χ1) is 22.1. The van der Waals surface area contributed by atoms with Crippen molar-refractivity contribution in [2.45, 2.75) is 94.6 Å². The van der Waals surface area contributed by atoms with E-state index in [1.54, 1.807) is 19.1 Å². The molecule has 0 bridgehead atoms. The monoisotopic (exact) mass is 662 g/mol. The lowest BCUT2D eigenvalue weighted by Gasteiger charge is -2.43. The molecule has 2 N–H and O–H groups in total. The van der Waals surface area contributed by atoms with Gasteiger partial charge in [-0.05, 0) is 62.6 Å². The molecule has 12 heteroatoms. The maximum absolute atomic E-state index is 13.4. The first-order valence-corrected chi connectivity index (χ1v) is 16.8. The molecule has 2 aromatic rings. The lowest BCUT2D eigenvalue weighted by atomic mass is 9.97. The number of carbonyl (C=O) groups is 1. The van der Waals surface area contributed by atoms with E-state index in [0.29, 0.717) is 26.4 Å². The number of ether oxygens (including phenoxy) is 7. The van der Waals surface area contributed by atoms with Crippen LogP contribution in [0.5, 0.6) is 11.5 Å². The number of aliphatic hydroxyl groups is 1. The van der Waals surface area contributed by atoms with Crippen molar-refractivity contribution in [2.24, 2.45) is 0 Å². The molecule has 0 aliphatic carbocycles. The lowest BCUT2D eigenvalue weighted by molar-refractivity contribution is -0.209. The quantitative estimate of drug-likeness (QED) is 0.238. The molecule has 0 saturated carbocycles. The third kappa shape index (κ3) is 10.2. The fourth-order valence-electron chi connectivity index (χ4n) is 5.20. The van der Waals surface area contributed by atoms with E-state index in [9.17, 15) is 9.90 Å². The SMILES string of the molecule is CCCCOCCN(C(=O)OC(C)(C)C)C1N[C@@H]2[C@@H](OCc3ccc(OC)cc3)[C@H](OCc3ccc(OC)cc3)[C@@H](CO)O[C@@H]2S1. The minimum Gasteiger partial charge on any atom is -0.497 e. The number of nitrogens with zero attached hydrogens (tertiary/aromatic N) is 1. The zero-order chi connectivity index (χ0) is 33.1. The number of aliphatic hydroxyl groups excluding tert-OH is 1. The average Bonchev–Trinajstić information content (AvgIpc) is 3.47. The van der Waals surface area contributed by atoms with E-state index in [-0.39, 0.29) is 19.3 Å². The van der Waals surface area contributed by atoms with Crippen LogP contribution < -0.4 is 14.8 Å². The number of methoxy groups -OCH3 is 2. The van der Waals surface area contributed by atoms with Gasteiger partial charge in [0, 0.05) is 13.2 Å². The second kappa shape index (κ2) is 17.5. The normalized spacial score (nSPS) is 24.3. The molecule has 1 unspecified atom stereocenters. The second-order valence-electron chi connectivity index (χ2n) is 12.3. The Morgan fingerprint density at radius 2 is 1.52 bits per heavy atom. The highest BCUT2D eigenvalue weighted by atomic mass is 32.2. The zero-order valence-corrected chi connectivity index (χ0v) is 28.6. The highest BCUT2D eigenvalue weighted by Crippen LogP contribution is 2.40. The molecule has 256 valence electrons. The second-order valence-corrected chi connectivity index (χ2v) is 13.5. The molecule has 1 amide bonds. The summed E-state index contributed by atoms with van der Waals surface area (Å²) in [6.45, 7) is 9.31. The largest absolute Gasteiger partial charge is 0.497 e. The van der Waals surface area contributed by atoms with Crippen LogP contribution in [0.4, 0.5) is 4.79 Å². The summed E-state index contributed by atoms with van der Waals surface area (Å²) in [4.78, 5) is 15.1. The highest BCUT2D eigenvalue weighted by Gasteiger charge is 2.53. The van der Waals surface area contributed by atoms with Gasteiger partial charge >= 0.3 is 6.09 Å². The number of amides is 1. The number of nitrogens with one attached hydrogen (secondary N) is 1. The van der Waals surface area contributed by atoms with E-state index in [1.807, 2.05) is 69.3 Å². The topological polar surface area (TPSA) is 117 Å². The summed E-state index contributed by atoms with van der Waals surface area (Å²) in [5, 5.41) is 14.1. The Hall–Kier alpha value is -2.58. The Balaban J connectivity index is 1.55. The van der Waals surface area contributed by atoms with Crippen molar-refractivity contribution < 1.29 is 43.1 Å². The van der Waals surface area contributed by atoms with Crippen molar-refractivity contribution in [1.29, 1.82) is 0 Å². The molecule has 11 nitrogen and oxygen atoms in total. The van der Waals surface area contributed by atoms with E-state index >= 15 is 0 Å². The van der Waals surface area contributed by atoms with Gasteiger partial charge in [-0.2, -0.15) is 0 Å². The van der Waals surface area contributed by atoms with Gasteiger partial charge in [0.1, 0.15) is 46.3 Å². The van der Waals surface area contributed by atoms with Crippen LogP contribution in [0.25, 0.3) is 0 Å². The number of fused-ring (bicyclic) bond motifs is 1. The van der Waals surface area contributed by atoms with Crippen LogP contribution in [-0.2, 0) is 36.9 Å². The van der Waals surface area contributed by atoms with Gasteiger partial charge in [-0.3, -0.25) is 10.2 Å². The van der Waals surface area contributed by atoms with Crippen LogP contribution in [0, 0.1) is 0 Å². The molecular weight excluding hydrogens is 612 g/mol. The fraction of sp³-hybridized carbons (Fsp3) is 0.618. The number of hydrogen-bond acceptors (Lipinski definition) is 11. The highest BCUT2D eigenvalue weighted by molar-refractivity contribution is 8.00. The van der Waals surface area contributed by atoms with Crippen LogP contribution in [0.1, 0.15) is 51.7 Å². The number of rotatable bonds is 16. The Morgan fingerprint density at radius 1 is 0.935 bits per heavy atom. The summed E-state index contributed by atoms with van der Waals surface area (Å²) >= 11 is 1.45. The van der Waals surface area contributed by atoms with E-state index in [2.05, 4.69) is 12.2 Å². The molecule has 2 saturated heterocycles. The lowest BCUT2D eigenvalue weighted by Crippen LogP contribution is -2.62. The maximum Gasteiger partial charge on any atom is 0.412 e. The zero-order valence-electron chi connectivity index (χ0n) is 27.8. The average molecular weight is 663 g/mol. The smallest absolute Gasteiger partial charge is 0.412 e. The molecule has 2 aliphatic rings. The van der Waals surface area contributed by atoms with Gasteiger partial charge < -0.3 is 38.3 Å². The molecule has 6 atom stereocenters. The minimum atomic E-state index is -0.669. The summed E-state index contributed by atoms with van der Waals surface area (Å²) in [6, 6.07) is 15.0. The molecule has 0 aromatic heterocycles. The van der Waals surface area contributed by atoms with Crippen LogP contribution in [0.3, 0.4) is 0 Å². The van der Waals surface area contributed by atoms with E-state index in [4.69, 9.17) is 33.2 Å². The van der Waals surface area contributed by atoms with Gasteiger partial charge in [-0.1, -0.05) is 49.4 Å². The number of unbranched alkanes of at least 4 members (excludes halogenated alkanes) is 1. The van der Waals surface area contributed by atoms with Crippen molar-refractivity contribution in [3.63, 3.8) is 0 Å². The summed E-state index contributed by atoms with van der Waals surface area (Å²) < 4.78 is 41.7. The van der Waals surface area contributed by atoms with Gasteiger partial charge in [0.2, 0.25) is 0 Å². The molecule has 46 heavy (non-hydrogen) atoms. The summed E-state index contributed by atoms with van der Waals surface area (Å²) in [5.74, 6) is 1.51. The van der Waals surface area contributed by atoms with Gasteiger partial charge in [-0.25, -0.2) is 4.79 Å². The Kier molecular flexibility index (Phi) is 13.8. The number of thioether (sulfide) groups is 1. The van der Waals surface area contributed by atoms with Crippen LogP contribution >= 0.6 is 11.8 Å². The molecule has 2 aromatic carbocycles. The molecule has 0 radical (unpaired) electrons. The van der Waals surface area contributed by atoms with Crippen molar-refractivity contribution in [3.05, 3.63) is 59.7 Å². The Bertz CT molecular complexity index is 1190. The molecule has 4 rings (SSSR count). The predicted molar refractivity (Wildman–Crippen MR) is 176 cm³/mol. The van der Waals surface area contributed by atoms with Gasteiger partial charge in [-0.15, -0.1) is 0 Å². The van der Waals surface area contributed by atoms with Crippen molar-refractivity contribution in [2.75, 3.05) is 40.6 Å². The summed E-state index contributed by atoms with van der Waals surface area (Å²) in [5.41, 5.74) is 0.331. The molecule has 2 aliphatic heterocycles. The third-order valence-electron chi connectivity index (χ3n) is 7.66. The first kappa shape index (κ1) is 36.3. The van der Waals surface area contributed by atoms with Crippen LogP contribution in [0.15, 0.2) is 48.5 Å². The van der Waals surface area contributed by atoms with Gasteiger partial charge in [0.15, 0.2) is 0 Å². The molecule has 2 heterocycles.